The first-order valence-corrected chi connectivity index (χ1v) is 11.9. The van der Waals surface area contributed by atoms with E-state index in [-0.39, 0.29) is 36.2 Å². The number of carbonyl (C=O) groups is 2. The van der Waals surface area contributed by atoms with Gasteiger partial charge in [-0.3, -0.25) is 14.5 Å². The number of amides is 1. The molecule has 3 aliphatic rings. The van der Waals surface area contributed by atoms with E-state index < -0.39 is 5.97 Å². The third kappa shape index (κ3) is 4.70. The van der Waals surface area contributed by atoms with Crippen molar-refractivity contribution in [3.63, 3.8) is 0 Å². The predicted molar refractivity (Wildman–Crippen MR) is 125 cm³/mol. The monoisotopic (exact) mass is 483 g/mol. The fraction of sp³-hybridized carbons (Fsp3) is 0.480. The molecule has 10 nitrogen and oxygen atoms in total. The van der Waals surface area contributed by atoms with Crippen LogP contribution in [0, 0.1) is 0 Å². The summed E-state index contributed by atoms with van der Waals surface area (Å²) in [5, 5.41) is 0. The predicted octanol–water partition coefficient (Wildman–Crippen LogP) is 1.42. The minimum absolute atomic E-state index is 0.102. The van der Waals surface area contributed by atoms with E-state index in [0.717, 1.165) is 23.5 Å². The van der Waals surface area contributed by atoms with E-state index in [0.29, 0.717) is 57.8 Å². The van der Waals surface area contributed by atoms with Gasteiger partial charge in [-0.25, -0.2) is 4.79 Å². The Bertz CT molecular complexity index is 1190. The number of pyridine rings is 1. The van der Waals surface area contributed by atoms with Crippen LogP contribution < -0.4 is 19.8 Å². The molecule has 0 radical (unpaired) electrons. The van der Waals surface area contributed by atoms with Gasteiger partial charge in [0.15, 0.2) is 11.5 Å². The van der Waals surface area contributed by atoms with Crippen LogP contribution in [0.25, 0.3) is 0 Å². The molecule has 10 heteroatoms. The number of aromatic nitrogens is 1. The number of likely N-dealkylation sites (tertiary alicyclic amines) is 1. The summed E-state index contributed by atoms with van der Waals surface area (Å²) in [5.74, 6) is 1.27. The average molecular weight is 484 g/mol. The van der Waals surface area contributed by atoms with Gasteiger partial charge in [-0.05, 0) is 12.5 Å². The highest BCUT2D eigenvalue weighted by Crippen LogP contribution is 2.36. The minimum Gasteiger partial charge on any atom is -0.491 e. The summed E-state index contributed by atoms with van der Waals surface area (Å²) in [6, 6.07) is 7.18. The highest BCUT2D eigenvalue weighted by Gasteiger charge is 2.27. The highest BCUT2D eigenvalue weighted by atomic mass is 16.7. The molecule has 3 aliphatic heterocycles. The summed E-state index contributed by atoms with van der Waals surface area (Å²) < 4.78 is 23.7. The van der Waals surface area contributed by atoms with E-state index in [1.54, 1.807) is 9.47 Å². The van der Waals surface area contributed by atoms with Gasteiger partial charge in [0.1, 0.15) is 17.9 Å². The van der Waals surface area contributed by atoms with Gasteiger partial charge in [0.2, 0.25) is 12.7 Å². The van der Waals surface area contributed by atoms with Gasteiger partial charge in [0.05, 0.1) is 13.7 Å². The van der Waals surface area contributed by atoms with Crippen molar-refractivity contribution >= 4 is 11.9 Å². The van der Waals surface area contributed by atoms with Crippen LogP contribution in [0.15, 0.2) is 29.1 Å². The van der Waals surface area contributed by atoms with Gasteiger partial charge >= 0.3 is 5.97 Å². The second-order valence-electron chi connectivity index (χ2n) is 8.82. The quantitative estimate of drug-likeness (QED) is 0.546. The first kappa shape index (κ1) is 23.2. The molecule has 1 aromatic carbocycles. The second kappa shape index (κ2) is 9.99. The number of fused-ring (bicyclic) bond motifs is 2. The lowest BCUT2D eigenvalue weighted by molar-refractivity contribution is -0.128. The molecule has 1 saturated heterocycles. The van der Waals surface area contributed by atoms with E-state index in [4.69, 9.17) is 18.9 Å². The maximum absolute atomic E-state index is 13.0. The summed E-state index contributed by atoms with van der Waals surface area (Å²) in [4.78, 5) is 41.6. The van der Waals surface area contributed by atoms with Gasteiger partial charge in [-0.1, -0.05) is 12.1 Å². The largest absolute Gasteiger partial charge is 0.491 e. The Labute approximate surface area is 202 Å². The minimum atomic E-state index is -0.541. The van der Waals surface area contributed by atoms with Gasteiger partial charge < -0.3 is 28.4 Å². The van der Waals surface area contributed by atoms with Crippen LogP contribution in [0.5, 0.6) is 17.2 Å². The first-order chi connectivity index (χ1) is 17.0. The van der Waals surface area contributed by atoms with Gasteiger partial charge in [0.25, 0.3) is 5.56 Å². The number of methoxy groups -OCH3 is 1. The molecule has 35 heavy (non-hydrogen) atoms. The summed E-state index contributed by atoms with van der Waals surface area (Å²) in [6.45, 7) is 3.88. The van der Waals surface area contributed by atoms with E-state index >= 15 is 0 Å². The molecular formula is C25H29N3O7. The lowest BCUT2D eigenvalue weighted by Crippen LogP contribution is -2.31. The maximum atomic E-state index is 13.0. The second-order valence-corrected chi connectivity index (χ2v) is 8.82. The van der Waals surface area contributed by atoms with Crippen molar-refractivity contribution in [2.24, 2.45) is 0 Å². The van der Waals surface area contributed by atoms with E-state index in [2.05, 4.69) is 4.90 Å². The zero-order valence-corrected chi connectivity index (χ0v) is 19.8. The van der Waals surface area contributed by atoms with Crippen molar-refractivity contribution in [3.05, 3.63) is 51.4 Å². The number of benzene rings is 1. The fourth-order valence-electron chi connectivity index (χ4n) is 4.95. The van der Waals surface area contributed by atoms with Crippen molar-refractivity contribution in [1.82, 2.24) is 14.4 Å². The molecule has 0 bridgehead atoms. The molecule has 1 fully saturated rings. The SMILES string of the molecule is COC(=O)c1c(OCCN2CCCC2=O)cc(=O)n2c1CCN(Cc1cccc3c1OCO3)CC2. The molecule has 0 saturated carbocycles. The molecular weight excluding hydrogens is 454 g/mol. The number of para-hydroxylation sites is 1. The van der Waals surface area contributed by atoms with Crippen LogP contribution in [0.4, 0.5) is 0 Å². The topological polar surface area (TPSA) is 99.5 Å². The number of carbonyl (C=O) groups excluding carboxylic acids is 2. The molecule has 2 aromatic rings. The maximum Gasteiger partial charge on any atom is 0.343 e. The number of nitrogens with zero attached hydrogens (tertiary/aromatic N) is 3. The lowest BCUT2D eigenvalue weighted by Gasteiger charge is -2.20. The zero-order valence-electron chi connectivity index (χ0n) is 19.8. The van der Waals surface area contributed by atoms with Crippen molar-refractivity contribution in [2.75, 3.05) is 46.7 Å². The molecule has 5 rings (SSSR count). The summed E-state index contributed by atoms with van der Waals surface area (Å²) in [5.41, 5.74) is 1.68. The van der Waals surface area contributed by atoms with Crippen LogP contribution in [-0.4, -0.2) is 72.9 Å². The van der Waals surface area contributed by atoms with E-state index in [1.165, 1.54) is 13.2 Å². The smallest absolute Gasteiger partial charge is 0.343 e. The Morgan fingerprint density at radius 2 is 1.97 bits per heavy atom. The molecule has 1 amide bonds. The van der Waals surface area contributed by atoms with Crippen LogP contribution in [0.2, 0.25) is 0 Å². The standard InChI is InChI=1S/C25H29N3O7/c1-32-25(31)23-18-7-9-26(15-17-4-2-5-19-24(17)35-16-34-19)10-11-28(18)22(30)14-20(23)33-13-12-27-8-3-6-21(27)29/h2,4-5,14H,3,6-13,15-16H2,1H3. The molecule has 0 N–H and O–H groups in total. The van der Waals surface area contributed by atoms with Gasteiger partial charge in [0, 0.05) is 62.9 Å². The summed E-state index contributed by atoms with van der Waals surface area (Å²) in [7, 11) is 1.32. The molecule has 186 valence electrons. The van der Waals surface area contributed by atoms with Crippen molar-refractivity contribution in [1.29, 1.82) is 0 Å². The van der Waals surface area contributed by atoms with Crippen LogP contribution in [0.3, 0.4) is 0 Å². The van der Waals surface area contributed by atoms with Gasteiger partial charge in [-0.15, -0.1) is 0 Å². The van der Waals surface area contributed by atoms with Gasteiger partial charge in [-0.2, -0.15) is 0 Å². The molecule has 4 heterocycles. The Balaban J connectivity index is 1.35. The van der Waals surface area contributed by atoms with Crippen molar-refractivity contribution in [2.45, 2.75) is 32.4 Å². The Morgan fingerprint density at radius 1 is 1.09 bits per heavy atom. The zero-order chi connectivity index (χ0) is 24.4. The lowest BCUT2D eigenvalue weighted by atomic mass is 10.1. The molecule has 0 aliphatic carbocycles. The molecule has 1 aromatic heterocycles. The fourth-order valence-corrected chi connectivity index (χ4v) is 4.95. The third-order valence-electron chi connectivity index (χ3n) is 6.74. The molecule has 0 spiro atoms. The van der Waals surface area contributed by atoms with Crippen LogP contribution >= 0.6 is 0 Å². The van der Waals surface area contributed by atoms with Crippen molar-refractivity contribution < 1.29 is 28.5 Å². The third-order valence-corrected chi connectivity index (χ3v) is 6.74. The Hall–Kier alpha value is -3.53. The Kier molecular flexibility index (Phi) is 6.63. The number of hydrogen-bond donors (Lipinski definition) is 0. The number of esters is 1. The summed E-state index contributed by atoms with van der Waals surface area (Å²) >= 11 is 0. The number of rotatable bonds is 7. The summed E-state index contributed by atoms with van der Waals surface area (Å²) in [6.07, 6.45) is 1.87. The number of hydrogen-bond acceptors (Lipinski definition) is 8. The first-order valence-electron chi connectivity index (χ1n) is 11.9. The van der Waals surface area contributed by atoms with Crippen molar-refractivity contribution in [3.8, 4) is 17.2 Å². The van der Waals surface area contributed by atoms with Crippen LogP contribution in [0.1, 0.15) is 34.5 Å². The number of ether oxygens (including phenoxy) is 4. The van der Waals surface area contributed by atoms with E-state index in [1.807, 2.05) is 18.2 Å². The van der Waals surface area contributed by atoms with Crippen LogP contribution in [-0.2, 0) is 29.0 Å². The molecule has 0 atom stereocenters. The molecule has 0 unspecified atom stereocenters. The average Bonchev–Trinajstić information content (AvgIpc) is 3.45. The highest BCUT2D eigenvalue weighted by molar-refractivity contribution is 5.93. The normalized spacial score (nSPS) is 17.3. The van der Waals surface area contributed by atoms with E-state index in [9.17, 15) is 14.4 Å². The Morgan fingerprint density at radius 3 is 2.77 bits per heavy atom.